The van der Waals surface area contributed by atoms with Gasteiger partial charge in [-0.2, -0.15) is 0 Å². The van der Waals surface area contributed by atoms with Crippen LogP contribution in [0.3, 0.4) is 0 Å². The molecule has 0 fully saturated rings. The Kier molecular flexibility index (Phi) is 4.41. The Hall–Kier alpha value is -2.77. The Morgan fingerprint density at radius 3 is 2.63 bits per heavy atom. The first-order chi connectivity index (χ1) is 13.0. The second kappa shape index (κ2) is 6.75. The number of carbonyl (C=O) groups is 2. The number of nitrogens with one attached hydrogen (secondary N) is 1. The van der Waals surface area contributed by atoms with Crippen molar-refractivity contribution in [2.24, 2.45) is 0 Å². The summed E-state index contributed by atoms with van der Waals surface area (Å²) in [5.74, 6) is -0.962. The average molecular weight is 400 g/mol. The lowest BCUT2D eigenvalue weighted by atomic mass is 9.89. The molecule has 2 aromatic carbocycles. The fourth-order valence-corrected chi connectivity index (χ4v) is 3.97. The number of amides is 1. The van der Waals surface area contributed by atoms with Crippen LogP contribution in [-0.4, -0.2) is 27.7 Å². The van der Waals surface area contributed by atoms with E-state index < -0.39 is 17.5 Å². The minimum atomic E-state index is -1.32. The molecular weight excluding hydrogens is 386 g/mol. The monoisotopic (exact) mass is 399 g/mol. The van der Waals surface area contributed by atoms with Gasteiger partial charge in [-0.1, -0.05) is 59.3 Å². The summed E-state index contributed by atoms with van der Waals surface area (Å²) in [6, 6.07) is 14.4. The van der Waals surface area contributed by atoms with Gasteiger partial charge in [0.15, 0.2) is 10.6 Å². The van der Waals surface area contributed by atoms with Crippen molar-refractivity contribution in [3.8, 4) is 10.6 Å². The molecule has 1 aromatic heterocycles. The van der Waals surface area contributed by atoms with Crippen LogP contribution in [0.1, 0.15) is 22.8 Å². The van der Waals surface area contributed by atoms with Crippen molar-refractivity contribution >= 4 is 39.9 Å². The van der Waals surface area contributed by atoms with Crippen LogP contribution in [0.25, 0.3) is 10.6 Å². The van der Waals surface area contributed by atoms with E-state index in [4.69, 9.17) is 16.3 Å². The third kappa shape index (κ3) is 3.31. The highest BCUT2D eigenvalue weighted by Crippen LogP contribution is 2.33. The number of benzene rings is 2. The van der Waals surface area contributed by atoms with E-state index in [1.807, 2.05) is 30.3 Å². The summed E-state index contributed by atoms with van der Waals surface area (Å²) in [5, 5.41) is 12.2. The van der Waals surface area contributed by atoms with Gasteiger partial charge in [0.05, 0.1) is 10.6 Å². The number of hydrogen-bond donors (Lipinski definition) is 1. The lowest BCUT2D eigenvalue weighted by Crippen LogP contribution is -2.48. The van der Waals surface area contributed by atoms with E-state index in [-0.39, 0.29) is 6.42 Å². The van der Waals surface area contributed by atoms with E-state index in [0.717, 1.165) is 11.1 Å². The summed E-state index contributed by atoms with van der Waals surface area (Å²) in [6.45, 7) is 1.59. The highest BCUT2D eigenvalue weighted by molar-refractivity contribution is 7.18. The first kappa shape index (κ1) is 17.6. The molecule has 1 N–H and O–H groups in total. The zero-order valence-electron chi connectivity index (χ0n) is 14.2. The fraction of sp³-hybridized carbons (Fsp3) is 0.158. The minimum absolute atomic E-state index is 0.289. The molecule has 6 nitrogen and oxygen atoms in total. The van der Waals surface area contributed by atoms with E-state index >= 15 is 0 Å². The van der Waals surface area contributed by atoms with Gasteiger partial charge in [0.1, 0.15) is 0 Å². The predicted molar refractivity (Wildman–Crippen MR) is 103 cm³/mol. The number of cyclic esters (lactones) is 1. The zero-order valence-corrected chi connectivity index (χ0v) is 15.8. The molecule has 8 heteroatoms. The molecule has 0 saturated heterocycles. The number of hydrogen-bond acceptors (Lipinski definition) is 6. The van der Waals surface area contributed by atoms with Crippen LogP contribution in [-0.2, 0) is 16.0 Å². The van der Waals surface area contributed by atoms with Crippen molar-refractivity contribution in [2.75, 3.05) is 5.32 Å². The van der Waals surface area contributed by atoms with Gasteiger partial charge in [-0.05, 0) is 24.6 Å². The van der Waals surface area contributed by atoms with Gasteiger partial charge in [0.2, 0.25) is 5.13 Å². The van der Waals surface area contributed by atoms with Gasteiger partial charge in [-0.3, -0.25) is 10.1 Å². The molecule has 1 aliphatic heterocycles. The first-order valence-corrected chi connectivity index (χ1v) is 9.37. The Morgan fingerprint density at radius 2 is 1.85 bits per heavy atom. The van der Waals surface area contributed by atoms with E-state index in [1.54, 1.807) is 25.1 Å². The summed E-state index contributed by atoms with van der Waals surface area (Å²) < 4.78 is 5.43. The number of ether oxygens (including phenoxy) is 1. The van der Waals surface area contributed by atoms with Crippen LogP contribution in [0.5, 0.6) is 0 Å². The smallest absolute Gasteiger partial charge is 0.339 e. The fourth-order valence-electron chi connectivity index (χ4n) is 2.91. The predicted octanol–water partition coefficient (Wildman–Crippen LogP) is 3.97. The molecule has 4 rings (SSSR count). The first-order valence-electron chi connectivity index (χ1n) is 8.17. The van der Waals surface area contributed by atoms with Crippen molar-refractivity contribution in [3.05, 3.63) is 64.7 Å². The highest BCUT2D eigenvalue weighted by Gasteiger charge is 2.43. The molecule has 1 atom stereocenters. The normalized spacial score (nSPS) is 18.5. The largest absolute Gasteiger partial charge is 0.445 e. The lowest BCUT2D eigenvalue weighted by Gasteiger charge is -2.32. The molecular formula is C19H14ClN3O3S. The molecule has 1 amide bonds. The molecule has 27 heavy (non-hydrogen) atoms. The molecule has 0 aliphatic carbocycles. The maximum atomic E-state index is 12.8. The second-order valence-electron chi connectivity index (χ2n) is 6.30. The van der Waals surface area contributed by atoms with Gasteiger partial charge in [-0.25, -0.2) is 4.79 Å². The maximum absolute atomic E-state index is 12.8. The van der Waals surface area contributed by atoms with Gasteiger partial charge < -0.3 is 4.74 Å². The molecule has 0 bridgehead atoms. The van der Waals surface area contributed by atoms with Gasteiger partial charge in [0, 0.05) is 12.0 Å². The molecule has 0 spiro atoms. The van der Waals surface area contributed by atoms with Crippen LogP contribution in [0.2, 0.25) is 5.02 Å². The number of anilines is 1. The average Bonchev–Trinajstić information content (AvgIpc) is 3.10. The number of fused-ring (bicyclic) bond motifs is 1. The van der Waals surface area contributed by atoms with Crippen LogP contribution >= 0.6 is 22.9 Å². The Morgan fingerprint density at radius 1 is 1.15 bits per heavy atom. The third-order valence-electron chi connectivity index (χ3n) is 4.31. The standard InChI is InChI=1S/C19H14ClN3O3S/c1-19(10-11-6-2-3-7-12(11)16(24)26-19)17(25)21-18-23-22-15(27-18)13-8-4-5-9-14(13)20/h2-9H,10H2,1H3,(H,21,23,25). The van der Waals surface area contributed by atoms with E-state index in [0.29, 0.717) is 20.7 Å². The molecule has 1 unspecified atom stereocenters. The Bertz CT molecular complexity index is 1050. The van der Waals surface area contributed by atoms with E-state index in [9.17, 15) is 9.59 Å². The van der Waals surface area contributed by atoms with Gasteiger partial charge >= 0.3 is 5.97 Å². The van der Waals surface area contributed by atoms with Crippen LogP contribution in [0.15, 0.2) is 48.5 Å². The number of nitrogens with zero attached hydrogens (tertiary/aromatic N) is 2. The van der Waals surface area contributed by atoms with Crippen LogP contribution in [0, 0.1) is 0 Å². The van der Waals surface area contributed by atoms with Crippen molar-refractivity contribution in [2.45, 2.75) is 18.9 Å². The molecule has 3 aromatic rings. The summed E-state index contributed by atoms with van der Waals surface area (Å²) in [6.07, 6.45) is 0.289. The summed E-state index contributed by atoms with van der Waals surface area (Å²) in [4.78, 5) is 25.0. The SMILES string of the molecule is CC1(C(=O)Nc2nnc(-c3ccccc3Cl)s2)Cc2ccccc2C(=O)O1. The number of aromatic nitrogens is 2. The van der Waals surface area contributed by atoms with Gasteiger partial charge in [0.25, 0.3) is 5.91 Å². The molecule has 2 heterocycles. The second-order valence-corrected chi connectivity index (χ2v) is 7.69. The number of esters is 1. The van der Waals surface area contributed by atoms with Crippen molar-refractivity contribution in [3.63, 3.8) is 0 Å². The topological polar surface area (TPSA) is 81.2 Å². The molecule has 0 saturated carbocycles. The summed E-state index contributed by atoms with van der Waals surface area (Å²) >= 11 is 7.37. The van der Waals surface area contributed by atoms with Gasteiger partial charge in [-0.15, -0.1) is 10.2 Å². The van der Waals surface area contributed by atoms with Crippen molar-refractivity contribution < 1.29 is 14.3 Å². The molecule has 0 radical (unpaired) electrons. The van der Waals surface area contributed by atoms with E-state index in [2.05, 4.69) is 15.5 Å². The number of halogens is 1. The lowest BCUT2D eigenvalue weighted by molar-refractivity contribution is -0.134. The Balaban J connectivity index is 1.55. The minimum Gasteiger partial charge on any atom is -0.445 e. The van der Waals surface area contributed by atoms with E-state index in [1.165, 1.54) is 11.3 Å². The Labute approximate surface area is 164 Å². The van der Waals surface area contributed by atoms with Crippen molar-refractivity contribution in [1.82, 2.24) is 10.2 Å². The number of carbonyl (C=O) groups excluding carboxylic acids is 2. The highest BCUT2D eigenvalue weighted by atomic mass is 35.5. The molecule has 136 valence electrons. The van der Waals surface area contributed by atoms with Crippen molar-refractivity contribution in [1.29, 1.82) is 0 Å². The maximum Gasteiger partial charge on any atom is 0.339 e. The molecule has 1 aliphatic rings. The quantitative estimate of drug-likeness (QED) is 0.674. The summed E-state index contributed by atoms with van der Waals surface area (Å²) in [5.41, 5.74) is 0.684. The number of rotatable bonds is 3. The summed E-state index contributed by atoms with van der Waals surface area (Å²) in [7, 11) is 0. The van der Waals surface area contributed by atoms with Crippen LogP contribution < -0.4 is 5.32 Å². The zero-order chi connectivity index (χ0) is 19.0. The third-order valence-corrected chi connectivity index (χ3v) is 5.51. The van der Waals surface area contributed by atoms with Crippen LogP contribution in [0.4, 0.5) is 5.13 Å².